The molecule has 0 bridgehead atoms. The van der Waals surface area contributed by atoms with Gasteiger partial charge in [-0.05, 0) is 44.5 Å². The Bertz CT molecular complexity index is 767. The van der Waals surface area contributed by atoms with E-state index < -0.39 is 0 Å². The minimum Gasteiger partial charge on any atom is -0.378 e. The number of aromatic amines is 1. The molecule has 0 radical (unpaired) electrons. The molecule has 1 aliphatic rings. The van der Waals surface area contributed by atoms with Crippen molar-refractivity contribution in [2.24, 2.45) is 5.92 Å². The number of amides is 1. The summed E-state index contributed by atoms with van der Waals surface area (Å²) in [6, 6.07) is 8.69. The molecule has 1 saturated heterocycles. The minimum absolute atomic E-state index is 0.0239. The molecule has 0 saturated carbocycles. The summed E-state index contributed by atoms with van der Waals surface area (Å²) in [5.41, 5.74) is 1.99. The molecule has 1 amide bonds. The molecule has 1 aromatic carbocycles. The van der Waals surface area contributed by atoms with Crippen molar-refractivity contribution in [3.63, 3.8) is 0 Å². The molecular weight excluding hydrogens is 294 g/mol. The molecule has 0 aliphatic carbocycles. The van der Waals surface area contributed by atoms with Crippen molar-refractivity contribution in [2.45, 2.75) is 26.4 Å². The maximum atomic E-state index is 12.2. The summed E-state index contributed by atoms with van der Waals surface area (Å²) in [4.78, 5) is 30.7. The predicted octanol–water partition coefficient (Wildman–Crippen LogP) is 2.11. The van der Waals surface area contributed by atoms with Crippen LogP contribution in [0.2, 0.25) is 0 Å². The van der Waals surface area contributed by atoms with E-state index >= 15 is 0 Å². The maximum Gasteiger partial charge on any atom is 0.251 e. The highest BCUT2D eigenvalue weighted by atomic mass is 16.5. The van der Waals surface area contributed by atoms with E-state index in [1.54, 1.807) is 19.1 Å². The molecule has 6 nitrogen and oxygen atoms in total. The SMILES string of the molecule is Cc1cc(=O)[nH]c(-c2ccc(NC(=O)C3COC(C)C3)cc2)n1. The molecule has 2 N–H and O–H groups in total. The monoisotopic (exact) mass is 313 g/mol. The Morgan fingerprint density at radius 3 is 2.70 bits per heavy atom. The van der Waals surface area contributed by atoms with Crippen molar-refractivity contribution < 1.29 is 9.53 Å². The first-order valence-electron chi connectivity index (χ1n) is 7.62. The van der Waals surface area contributed by atoms with Crippen molar-refractivity contribution >= 4 is 11.6 Å². The lowest BCUT2D eigenvalue weighted by molar-refractivity contribution is -0.119. The van der Waals surface area contributed by atoms with Gasteiger partial charge in [0.05, 0.1) is 18.6 Å². The number of aromatic nitrogens is 2. The Kier molecular flexibility index (Phi) is 4.25. The van der Waals surface area contributed by atoms with Crippen LogP contribution >= 0.6 is 0 Å². The van der Waals surface area contributed by atoms with Gasteiger partial charge in [-0.15, -0.1) is 0 Å². The predicted molar refractivity (Wildman–Crippen MR) is 87.2 cm³/mol. The molecule has 1 aliphatic heterocycles. The molecule has 6 heteroatoms. The van der Waals surface area contributed by atoms with Crippen LogP contribution in [-0.2, 0) is 9.53 Å². The lowest BCUT2D eigenvalue weighted by Gasteiger charge is -2.10. The second-order valence-corrected chi connectivity index (χ2v) is 5.88. The molecule has 2 unspecified atom stereocenters. The maximum absolute atomic E-state index is 12.2. The fourth-order valence-electron chi connectivity index (χ4n) is 2.67. The molecule has 23 heavy (non-hydrogen) atoms. The highest BCUT2D eigenvalue weighted by molar-refractivity contribution is 5.93. The largest absolute Gasteiger partial charge is 0.378 e. The zero-order chi connectivity index (χ0) is 16.4. The summed E-state index contributed by atoms with van der Waals surface area (Å²) in [7, 11) is 0. The molecule has 120 valence electrons. The van der Waals surface area contributed by atoms with E-state index in [2.05, 4.69) is 15.3 Å². The van der Waals surface area contributed by atoms with Gasteiger partial charge in [-0.3, -0.25) is 9.59 Å². The Balaban J connectivity index is 1.72. The van der Waals surface area contributed by atoms with E-state index in [0.29, 0.717) is 23.8 Å². The number of hydrogen-bond acceptors (Lipinski definition) is 4. The number of carbonyl (C=O) groups is 1. The Morgan fingerprint density at radius 2 is 2.09 bits per heavy atom. The first kappa shape index (κ1) is 15.4. The van der Waals surface area contributed by atoms with Crippen LogP contribution in [0, 0.1) is 12.8 Å². The summed E-state index contributed by atoms with van der Waals surface area (Å²) >= 11 is 0. The van der Waals surface area contributed by atoms with Crippen LogP contribution in [0.5, 0.6) is 0 Å². The summed E-state index contributed by atoms with van der Waals surface area (Å²) in [5, 5.41) is 2.89. The molecule has 2 aromatic rings. The van der Waals surface area contributed by atoms with E-state index in [1.807, 2.05) is 19.1 Å². The summed E-state index contributed by atoms with van der Waals surface area (Å²) in [5.74, 6) is 0.398. The van der Waals surface area contributed by atoms with Crippen LogP contribution < -0.4 is 10.9 Å². The van der Waals surface area contributed by atoms with Crippen LogP contribution in [0.15, 0.2) is 35.1 Å². The number of hydrogen-bond donors (Lipinski definition) is 2. The van der Waals surface area contributed by atoms with Crippen molar-refractivity contribution in [1.29, 1.82) is 0 Å². The van der Waals surface area contributed by atoms with Gasteiger partial charge in [0.15, 0.2) is 0 Å². The first-order chi connectivity index (χ1) is 11.0. The molecule has 2 atom stereocenters. The van der Waals surface area contributed by atoms with Gasteiger partial charge in [0.2, 0.25) is 5.91 Å². The smallest absolute Gasteiger partial charge is 0.251 e. The highest BCUT2D eigenvalue weighted by Gasteiger charge is 2.28. The van der Waals surface area contributed by atoms with Crippen LogP contribution in [0.25, 0.3) is 11.4 Å². The number of nitrogens with one attached hydrogen (secondary N) is 2. The first-order valence-corrected chi connectivity index (χ1v) is 7.62. The van der Waals surface area contributed by atoms with Gasteiger partial charge in [-0.1, -0.05) is 0 Å². The average Bonchev–Trinajstić information content (AvgIpc) is 2.94. The van der Waals surface area contributed by atoms with E-state index in [-0.39, 0.29) is 23.5 Å². The lowest BCUT2D eigenvalue weighted by atomic mass is 10.1. The third-order valence-electron chi connectivity index (χ3n) is 3.86. The number of carbonyl (C=O) groups excluding carboxylic acids is 1. The number of benzene rings is 1. The number of aryl methyl sites for hydroxylation is 1. The number of nitrogens with zero attached hydrogens (tertiary/aromatic N) is 1. The van der Waals surface area contributed by atoms with Crippen molar-refractivity contribution in [3.05, 3.63) is 46.4 Å². The van der Waals surface area contributed by atoms with E-state index in [4.69, 9.17) is 4.74 Å². The van der Waals surface area contributed by atoms with Crippen molar-refractivity contribution in [3.8, 4) is 11.4 Å². The van der Waals surface area contributed by atoms with Gasteiger partial charge < -0.3 is 15.0 Å². The Morgan fingerprint density at radius 1 is 1.35 bits per heavy atom. The van der Waals surface area contributed by atoms with Crippen molar-refractivity contribution in [2.75, 3.05) is 11.9 Å². The summed E-state index contributed by atoms with van der Waals surface area (Å²) in [6.07, 6.45) is 0.885. The van der Waals surface area contributed by atoms with Crippen LogP contribution in [0.4, 0.5) is 5.69 Å². The fraction of sp³-hybridized carbons (Fsp3) is 0.353. The molecule has 3 rings (SSSR count). The van der Waals surface area contributed by atoms with E-state index in [0.717, 1.165) is 12.0 Å². The fourth-order valence-corrected chi connectivity index (χ4v) is 2.67. The average molecular weight is 313 g/mol. The molecule has 2 heterocycles. The molecule has 0 spiro atoms. The van der Waals surface area contributed by atoms with Gasteiger partial charge in [0.1, 0.15) is 5.82 Å². The third-order valence-corrected chi connectivity index (χ3v) is 3.86. The van der Waals surface area contributed by atoms with Crippen molar-refractivity contribution in [1.82, 2.24) is 9.97 Å². The van der Waals surface area contributed by atoms with E-state index in [1.165, 1.54) is 6.07 Å². The van der Waals surface area contributed by atoms with Crippen LogP contribution in [0.1, 0.15) is 19.0 Å². The Hall–Kier alpha value is -2.47. The quantitative estimate of drug-likeness (QED) is 0.909. The lowest BCUT2D eigenvalue weighted by Crippen LogP contribution is -2.22. The van der Waals surface area contributed by atoms with Gasteiger partial charge in [-0.2, -0.15) is 0 Å². The van der Waals surface area contributed by atoms with Gasteiger partial charge in [0, 0.05) is 23.0 Å². The number of ether oxygens (including phenoxy) is 1. The number of anilines is 1. The molecule has 1 fully saturated rings. The normalized spacial score (nSPS) is 20.4. The van der Waals surface area contributed by atoms with Gasteiger partial charge in [0.25, 0.3) is 5.56 Å². The third kappa shape index (κ3) is 3.65. The van der Waals surface area contributed by atoms with E-state index in [9.17, 15) is 9.59 Å². The zero-order valence-electron chi connectivity index (χ0n) is 13.1. The Labute approximate surface area is 133 Å². The van der Waals surface area contributed by atoms with Crippen LogP contribution in [-0.4, -0.2) is 28.6 Å². The second kappa shape index (κ2) is 6.34. The molecule has 1 aromatic heterocycles. The molecular formula is C17H19N3O3. The standard InChI is InChI=1S/C17H19N3O3/c1-10-7-15(21)20-16(18-10)12-3-5-14(6-4-12)19-17(22)13-8-11(2)23-9-13/h3-7,11,13H,8-9H2,1-2H3,(H,19,22)(H,18,20,21). The van der Waals surface area contributed by atoms with Gasteiger partial charge >= 0.3 is 0 Å². The highest BCUT2D eigenvalue weighted by Crippen LogP contribution is 2.22. The van der Waals surface area contributed by atoms with Gasteiger partial charge in [-0.25, -0.2) is 4.98 Å². The minimum atomic E-state index is -0.180. The number of H-pyrrole nitrogens is 1. The zero-order valence-corrected chi connectivity index (χ0v) is 13.1. The summed E-state index contributed by atoms with van der Waals surface area (Å²) < 4.78 is 5.42. The second-order valence-electron chi connectivity index (χ2n) is 5.88. The number of rotatable bonds is 3. The van der Waals surface area contributed by atoms with Crippen LogP contribution in [0.3, 0.4) is 0 Å². The topological polar surface area (TPSA) is 84.1 Å². The summed E-state index contributed by atoms with van der Waals surface area (Å²) in [6.45, 7) is 4.22.